The Morgan fingerprint density at radius 1 is 1.12 bits per heavy atom. The van der Waals surface area contributed by atoms with Crippen molar-refractivity contribution in [1.29, 1.82) is 0 Å². The number of aryl methyl sites for hydroxylation is 1. The Balaban J connectivity index is 1.47. The van der Waals surface area contributed by atoms with E-state index in [-0.39, 0.29) is 19.1 Å². The number of fused-ring (bicyclic) bond motifs is 1. The summed E-state index contributed by atoms with van der Waals surface area (Å²) in [6.45, 7) is 3.36. The lowest BCUT2D eigenvalue weighted by Crippen LogP contribution is -2.36. The predicted molar refractivity (Wildman–Crippen MR) is 124 cm³/mol. The number of anilines is 3. The monoisotopic (exact) mass is 466 g/mol. The SMILES string of the molecule is Cc1ccc(N2CCC(O)CC2)nc1-c1ccc2c(c1)N(C)S(O)(O)N2CC1CC1(F)F. The fourth-order valence-electron chi connectivity index (χ4n) is 4.49. The van der Waals surface area contributed by atoms with Crippen LogP contribution in [0.25, 0.3) is 11.3 Å². The van der Waals surface area contributed by atoms with E-state index in [1.54, 1.807) is 13.1 Å². The first-order valence-corrected chi connectivity index (χ1v) is 12.3. The highest BCUT2D eigenvalue weighted by atomic mass is 32.3. The number of hydrogen-bond acceptors (Lipinski definition) is 7. The summed E-state index contributed by atoms with van der Waals surface area (Å²) in [6.07, 6.45) is 0.936. The largest absolute Gasteiger partial charge is 0.393 e. The molecule has 7 nitrogen and oxygen atoms in total. The molecule has 1 unspecified atom stereocenters. The number of benzene rings is 1. The van der Waals surface area contributed by atoms with Crippen molar-refractivity contribution in [2.45, 2.75) is 38.2 Å². The minimum Gasteiger partial charge on any atom is -0.393 e. The van der Waals surface area contributed by atoms with Gasteiger partial charge in [0, 0.05) is 44.6 Å². The summed E-state index contributed by atoms with van der Waals surface area (Å²) in [5, 5.41) is 9.78. The first kappa shape index (κ1) is 21.7. The van der Waals surface area contributed by atoms with Gasteiger partial charge in [0.25, 0.3) is 5.92 Å². The molecule has 0 radical (unpaired) electrons. The molecule has 3 aliphatic rings. The molecule has 1 saturated heterocycles. The number of halogens is 2. The molecule has 0 amide bonds. The van der Waals surface area contributed by atoms with Crippen LogP contribution in [0.3, 0.4) is 0 Å². The molecule has 3 N–H and O–H groups in total. The Bertz CT molecular complexity index is 1050. The maximum Gasteiger partial charge on any atom is 0.253 e. The summed E-state index contributed by atoms with van der Waals surface area (Å²) in [4.78, 5) is 7.03. The zero-order valence-electron chi connectivity index (χ0n) is 18.1. The van der Waals surface area contributed by atoms with Crippen molar-refractivity contribution in [3.63, 3.8) is 0 Å². The van der Waals surface area contributed by atoms with Crippen LogP contribution < -0.4 is 13.5 Å². The van der Waals surface area contributed by atoms with E-state index in [9.17, 15) is 23.0 Å². The topological polar surface area (TPSA) is 83.3 Å². The number of aromatic nitrogens is 1. The van der Waals surface area contributed by atoms with Gasteiger partial charge < -0.3 is 10.0 Å². The average molecular weight is 467 g/mol. The van der Waals surface area contributed by atoms with Gasteiger partial charge in [0.1, 0.15) is 5.82 Å². The molecule has 1 aromatic heterocycles. The summed E-state index contributed by atoms with van der Waals surface area (Å²) >= 11 is 0. The molecular formula is C22H28F2N4O3S. The van der Waals surface area contributed by atoms with Crippen molar-refractivity contribution in [2.75, 3.05) is 40.2 Å². The molecule has 1 atom stereocenters. The molecule has 174 valence electrons. The second kappa shape index (κ2) is 7.44. The minimum atomic E-state index is -3.39. The van der Waals surface area contributed by atoms with Crippen molar-refractivity contribution in [3.8, 4) is 11.3 Å². The molecule has 2 aromatic rings. The van der Waals surface area contributed by atoms with Gasteiger partial charge in [-0.1, -0.05) is 12.1 Å². The fourth-order valence-corrected chi connectivity index (χ4v) is 6.00. The molecule has 5 rings (SSSR count). The van der Waals surface area contributed by atoms with Crippen LogP contribution in [0.15, 0.2) is 30.3 Å². The molecule has 2 aliphatic heterocycles. The summed E-state index contributed by atoms with van der Waals surface area (Å²) in [5.41, 5.74) is 3.71. The molecular weight excluding hydrogens is 438 g/mol. The Kier molecular flexibility index (Phi) is 5.05. The lowest BCUT2D eigenvalue weighted by atomic mass is 10.0. The van der Waals surface area contributed by atoms with E-state index in [0.717, 1.165) is 35.7 Å². The van der Waals surface area contributed by atoms with Crippen LogP contribution in [-0.4, -0.2) is 57.9 Å². The molecule has 10 heteroatoms. The van der Waals surface area contributed by atoms with E-state index in [1.807, 2.05) is 31.2 Å². The van der Waals surface area contributed by atoms with Crippen molar-refractivity contribution in [1.82, 2.24) is 4.98 Å². The number of aliphatic hydroxyl groups excluding tert-OH is 1. The average Bonchev–Trinajstić information content (AvgIpc) is 3.32. The summed E-state index contributed by atoms with van der Waals surface area (Å²) < 4.78 is 51.2. The number of pyridine rings is 1. The fraction of sp³-hybridized carbons (Fsp3) is 0.500. The van der Waals surface area contributed by atoms with Crippen LogP contribution in [0.4, 0.5) is 26.0 Å². The molecule has 1 saturated carbocycles. The number of piperidine rings is 1. The number of aliphatic hydroxyl groups is 1. The molecule has 0 spiro atoms. The normalized spacial score (nSPS) is 25.1. The van der Waals surface area contributed by atoms with Crippen LogP contribution in [-0.2, 0) is 0 Å². The summed E-state index contributed by atoms with van der Waals surface area (Å²) in [6, 6.07) is 9.44. The highest BCUT2D eigenvalue weighted by Gasteiger charge is 2.59. The number of hydrogen-bond donors (Lipinski definition) is 3. The van der Waals surface area contributed by atoms with E-state index in [0.29, 0.717) is 24.2 Å². The first-order valence-electron chi connectivity index (χ1n) is 10.8. The van der Waals surface area contributed by atoms with Gasteiger partial charge >= 0.3 is 0 Å². The van der Waals surface area contributed by atoms with Crippen molar-refractivity contribution >= 4 is 28.2 Å². The molecule has 0 bridgehead atoms. The molecule has 3 heterocycles. The van der Waals surface area contributed by atoms with Crippen molar-refractivity contribution < 1.29 is 23.0 Å². The Morgan fingerprint density at radius 3 is 2.47 bits per heavy atom. The summed E-state index contributed by atoms with van der Waals surface area (Å²) in [7, 11) is -1.82. The van der Waals surface area contributed by atoms with E-state index in [1.165, 1.54) is 8.61 Å². The number of alkyl halides is 2. The maximum atomic E-state index is 13.5. The van der Waals surface area contributed by atoms with Gasteiger partial charge in [-0.3, -0.25) is 17.7 Å². The standard InChI is InChI=1S/C22H28F2N4O3S/c1-14-3-6-20(27-9-7-17(29)8-10-27)25-21(14)15-4-5-18-19(11-15)26(2)32(30,31)28(18)13-16-12-22(16,23)24/h3-6,11,16-17,29-31H,7-10,12-13H2,1-2H3. The van der Waals surface area contributed by atoms with Crippen LogP contribution in [0.5, 0.6) is 0 Å². The minimum absolute atomic E-state index is 0.0976. The van der Waals surface area contributed by atoms with Crippen molar-refractivity contribution in [2.24, 2.45) is 5.92 Å². The van der Waals surface area contributed by atoms with Crippen LogP contribution in [0.2, 0.25) is 0 Å². The molecule has 1 aromatic carbocycles. The van der Waals surface area contributed by atoms with Gasteiger partial charge in [0.2, 0.25) is 0 Å². The van der Waals surface area contributed by atoms with Gasteiger partial charge in [-0.05, 0) is 54.5 Å². The summed E-state index contributed by atoms with van der Waals surface area (Å²) in [5.74, 6) is -2.76. The smallest absolute Gasteiger partial charge is 0.253 e. The molecule has 32 heavy (non-hydrogen) atoms. The zero-order valence-corrected chi connectivity index (χ0v) is 18.9. The molecule has 1 aliphatic carbocycles. The second-order valence-corrected chi connectivity index (χ2v) is 10.9. The van der Waals surface area contributed by atoms with Crippen LogP contribution in [0, 0.1) is 12.8 Å². The third-order valence-electron chi connectivity index (χ3n) is 6.73. The predicted octanol–water partition coefficient (Wildman–Crippen LogP) is 4.51. The quantitative estimate of drug-likeness (QED) is 0.612. The van der Waals surface area contributed by atoms with Gasteiger partial charge in [0.05, 0.1) is 23.2 Å². The lowest BCUT2D eigenvalue weighted by Gasteiger charge is -2.42. The maximum absolute atomic E-state index is 13.5. The van der Waals surface area contributed by atoms with Crippen LogP contribution in [0.1, 0.15) is 24.8 Å². The molecule has 2 fully saturated rings. The van der Waals surface area contributed by atoms with E-state index in [4.69, 9.17) is 4.98 Å². The Hall–Kier alpha value is -2.14. The third-order valence-corrected chi connectivity index (χ3v) is 8.60. The number of nitrogens with zero attached hydrogens (tertiary/aromatic N) is 4. The lowest BCUT2D eigenvalue weighted by molar-refractivity contribution is 0.101. The van der Waals surface area contributed by atoms with E-state index in [2.05, 4.69) is 4.90 Å². The highest BCUT2D eigenvalue weighted by Crippen LogP contribution is 2.63. The van der Waals surface area contributed by atoms with Crippen molar-refractivity contribution in [3.05, 3.63) is 35.9 Å². The van der Waals surface area contributed by atoms with E-state index < -0.39 is 22.8 Å². The number of rotatable bonds is 4. The third kappa shape index (κ3) is 3.59. The van der Waals surface area contributed by atoms with Gasteiger partial charge in [-0.2, -0.15) is 0 Å². The van der Waals surface area contributed by atoms with E-state index >= 15 is 0 Å². The highest BCUT2D eigenvalue weighted by molar-refractivity contribution is 8.26. The first-order chi connectivity index (χ1) is 15.1. The Morgan fingerprint density at radius 2 is 1.81 bits per heavy atom. The Labute approximate surface area is 187 Å². The van der Waals surface area contributed by atoms with Gasteiger partial charge in [-0.25, -0.2) is 13.8 Å². The van der Waals surface area contributed by atoms with Crippen LogP contribution >= 0.6 is 11.0 Å². The zero-order chi connectivity index (χ0) is 22.8. The van der Waals surface area contributed by atoms with Gasteiger partial charge in [-0.15, -0.1) is 0 Å². The van der Waals surface area contributed by atoms with Gasteiger partial charge in [0.15, 0.2) is 0 Å². The second-order valence-electron chi connectivity index (χ2n) is 8.97.